The van der Waals surface area contributed by atoms with Gasteiger partial charge >= 0.3 is 0 Å². The zero-order valence-electron chi connectivity index (χ0n) is 8.31. The van der Waals surface area contributed by atoms with E-state index >= 15 is 0 Å². The molecule has 0 spiro atoms. The highest BCUT2D eigenvalue weighted by atomic mass is 16.5. The molecule has 3 N–H and O–H groups in total. The zero-order valence-corrected chi connectivity index (χ0v) is 8.31. The summed E-state index contributed by atoms with van der Waals surface area (Å²) in [6.45, 7) is 0.836. The molecule has 78 valence electrons. The Morgan fingerprint density at radius 1 is 1.79 bits per heavy atom. The summed E-state index contributed by atoms with van der Waals surface area (Å²) in [6, 6.07) is 0.0613. The van der Waals surface area contributed by atoms with E-state index in [9.17, 15) is 0 Å². The number of hydrazine groups is 1. The number of hydrogen-bond donors (Lipinski definition) is 2. The zero-order chi connectivity index (χ0) is 9.97. The average Bonchev–Trinajstić information content (AvgIpc) is 2.79. The molecule has 1 saturated heterocycles. The van der Waals surface area contributed by atoms with Crippen molar-refractivity contribution in [2.24, 2.45) is 12.9 Å². The van der Waals surface area contributed by atoms with Crippen LogP contribution in [0.25, 0.3) is 0 Å². The van der Waals surface area contributed by atoms with Crippen LogP contribution in [0.1, 0.15) is 24.4 Å². The van der Waals surface area contributed by atoms with Gasteiger partial charge in [0.2, 0.25) is 0 Å². The molecule has 1 aliphatic heterocycles. The standard InChI is InChI=1S/C9H16N4O/c1-13-6-7(5-11-13)9(12-10)8-3-2-4-14-8/h5-6,8-9,12H,2-4,10H2,1H3. The Balaban J connectivity index is 2.12. The van der Waals surface area contributed by atoms with Crippen LogP contribution in [0.5, 0.6) is 0 Å². The molecule has 1 aromatic rings. The minimum Gasteiger partial charge on any atom is -0.376 e. The highest BCUT2D eigenvalue weighted by Crippen LogP contribution is 2.25. The van der Waals surface area contributed by atoms with Gasteiger partial charge in [-0.15, -0.1) is 0 Å². The molecular formula is C9H16N4O. The highest BCUT2D eigenvalue weighted by Gasteiger charge is 2.27. The molecule has 5 nitrogen and oxygen atoms in total. The second-order valence-corrected chi connectivity index (χ2v) is 3.64. The monoisotopic (exact) mass is 196 g/mol. The summed E-state index contributed by atoms with van der Waals surface area (Å²) in [5.74, 6) is 5.53. The molecule has 1 aromatic heterocycles. The van der Waals surface area contributed by atoms with Crippen LogP contribution in [-0.2, 0) is 11.8 Å². The number of aryl methyl sites for hydroxylation is 1. The van der Waals surface area contributed by atoms with E-state index in [2.05, 4.69) is 10.5 Å². The molecule has 0 bridgehead atoms. The fraction of sp³-hybridized carbons (Fsp3) is 0.667. The Bertz CT molecular complexity index is 293. The summed E-state index contributed by atoms with van der Waals surface area (Å²) < 4.78 is 7.36. The molecule has 2 unspecified atom stereocenters. The van der Waals surface area contributed by atoms with Crippen molar-refractivity contribution in [1.82, 2.24) is 15.2 Å². The lowest BCUT2D eigenvalue weighted by Gasteiger charge is -2.20. The van der Waals surface area contributed by atoms with E-state index in [4.69, 9.17) is 10.6 Å². The number of rotatable bonds is 3. The maximum atomic E-state index is 5.59. The number of nitrogens with zero attached hydrogens (tertiary/aromatic N) is 2. The van der Waals surface area contributed by atoms with Crippen LogP contribution in [0.15, 0.2) is 12.4 Å². The van der Waals surface area contributed by atoms with Gasteiger partial charge in [0, 0.05) is 25.4 Å². The van der Waals surface area contributed by atoms with Crippen LogP contribution in [0, 0.1) is 0 Å². The van der Waals surface area contributed by atoms with Gasteiger partial charge in [-0.05, 0) is 12.8 Å². The summed E-state index contributed by atoms with van der Waals surface area (Å²) in [5.41, 5.74) is 3.88. The molecule has 2 rings (SSSR count). The fourth-order valence-electron chi connectivity index (χ4n) is 1.88. The predicted molar refractivity (Wildman–Crippen MR) is 52.2 cm³/mol. The van der Waals surface area contributed by atoms with Gasteiger partial charge < -0.3 is 4.74 Å². The van der Waals surface area contributed by atoms with E-state index in [1.807, 2.05) is 19.4 Å². The van der Waals surface area contributed by atoms with Gasteiger partial charge in [0.25, 0.3) is 0 Å². The van der Waals surface area contributed by atoms with Gasteiger partial charge in [-0.1, -0.05) is 0 Å². The maximum Gasteiger partial charge on any atom is 0.0784 e. The lowest BCUT2D eigenvalue weighted by molar-refractivity contribution is 0.0783. The van der Waals surface area contributed by atoms with Crippen molar-refractivity contribution < 1.29 is 4.74 Å². The highest BCUT2D eigenvalue weighted by molar-refractivity contribution is 5.12. The Hall–Kier alpha value is -0.910. The van der Waals surface area contributed by atoms with Crippen molar-refractivity contribution in [1.29, 1.82) is 0 Å². The molecule has 0 amide bonds. The van der Waals surface area contributed by atoms with Crippen molar-refractivity contribution in [2.75, 3.05) is 6.61 Å². The quantitative estimate of drug-likeness (QED) is 0.531. The summed E-state index contributed by atoms with van der Waals surface area (Å²) in [7, 11) is 1.90. The van der Waals surface area contributed by atoms with Crippen molar-refractivity contribution >= 4 is 0 Å². The third-order valence-corrected chi connectivity index (χ3v) is 2.60. The molecular weight excluding hydrogens is 180 g/mol. The van der Waals surface area contributed by atoms with E-state index < -0.39 is 0 Å². The number of nitrogens with two attached hydrogens (primary N) is 1. The van der Waals surface area contributed by atoms with Crippen LogP contribution in [0.2, 0.25) is 0 Å². The Morgan fingerprint density at radius 2 is 2.64 bits per heavy atom. The normalized spacial score (nSPS) is 24.0. The largest absolute Gasteiger partial charge is 0.376 e. The van der Waals surface area contributed by atoms with Crippen molar-refractivity contribution in [3.8, 4) is 0 Å². The Labute approximate surface area is 83.2 Å². The second kappa shape index (κ2) is 4.08. The van der Waals surface area contributed by atoms with Gasteiger partial charge in [0.05, 0.1) is 18.3 Å². The lowest BCUT2D eigenvalue weighted by Crippen LogP contribution is -2.36. The minimum atomic E-state index is 0.0613. The number of aromatic nitrogens is 2. The molecule has 2 heterocycles. The second-order valence-electron chi connectivity index (χ2n) is 3.64. The molecule has 1 fully saturated rings. The minimum absolute atomic E-state index is 0.0613. The van der Waals surface area contributed by atoms with Gasteiger partial charge in [-0.2, -0.15) is 5.10 Å². The first kappa shape index (κ1) is 9.64. The molecule has 14 heavy (non-hydrogen) atoms. The van der Waals surface area contributed by atoms with E-state index in [0.29, 0.717) is 0 Å². The smallest absolute Gasteiger partial charge is 0.0784 e. The van der Waals surface area contributed by atoms with Crippen LogP contribution in [0.3, 0.4) is 0 Å². The van der Waals surface area contributed by atoms with Gasteiger partial charge in [-0.25, -0.2) is 0 Å². The fourth-order valence-corrected chi connectivity index (χ4v) is 1.88. The average molecular weight is 196 g/mol. The first-order valence-corrected chi connectivity index (χ1v) is 4.87. The first-order chi connectivity index (χ1) is 6.81. The van der Waals surface area contributed by atoms with Crippen LogP contribution in [0.4, 0.5) is 0 Å². The predicted octanol–water partition coefficient (Wildman–Crippen LogP) is 0.103. The molecule has 0 aliphatic carbocycles. The first-order valence-electron chi connectivity index (χ1n) is 4.87. The van der Waals surface area contributed by atoms with Gasteiger partial charge in [0.15, 0.2) is 0 Å². The SMILES string of the molecule is Cn1cc(C(NN)C2CCCO2)cn1. The summed E-state index contributed by atoms with van der Waals surface area (Å²) >= 11 is 0. The van der Waals surface area contributed by atoms with Crippen LogP contribution >= 0.6 is 0 Å². The summed E-state index contributed by atoms with van der Waals surface area (Å²) in [5, 5.41) is 4.12. The molecule has 1 aliphatic rings. The molecule has 0 saturated carbocycles. The van der Waals surface area contributed by atoms with Crippen molar-refractivity contribution in [3.63, 3.8) is 0 Å². The topological polar surface area (TPSA) is 65.1 Å². The van der Waals surface area contributed by atoms with E-state index in [0.717, 1.165) is 25.0 Å². The third kappa shape index (κ3) is 1.79. The Kier molecular flexibility index (Phi) is 2.81. The molecule has 5 heteroatoms. The molecule has 0 aromatic carbocycles. The van der Waals surface area contributed by atoms with Crippen LogP contribution in [-0.4, -0.2) is 22.5 Å². The maximum absolute atomic E-state index is 5.59. The number of hydrogen-bond acceptors (Lipinski definition) is 4. The van der Waals surface area contributed by atoms with Gasteiger partial charge in [-0.3, -0.25) is 16.0 Å². The molecule has 0 radical (unpaired) electrons. The van der Waals surface area contributed by atoms with E-state index in [1.54, 1.807) is 4.68 Å². The van der Waals surface area contributed by atoms with Gasteiger partial charge in [0.1, 0.15) is 0 Å². The van der Waals surface area contributed by atoms with Crippen LogP contribution < -0.4 is 11.3 Å². The van der Waals surface area contributed by atoms with E-state index in [1.165, 1.54) is 0 Å². The number of nitrogens with one attached hydrogen (secondary N) is 1. The summed E-state index contributed by atoms with van der Waals surface area (Å²) in [4.78, 5) is 0. The lowest BCUT2D eigenvalue weighted by atomic mass is 10.0. The van der Waals surface area contributed by atoms with Crippen molar-refractivity contribution in [2.45, 2.75) is 25.0 Å². The summed E-state index contributed by atoms with van der Waals surface area (Å²) in [6.07, 6.45) is 6.15. The third-order valence-electron chi connectivity index (χ3n) is 2.60. The van der Waals surface area contributed by atoms with E-state index in [-0.39, 0.29) is 12.1 Å². The number of ether oxygens (including phenoxy) is 1. The molecule has 2 atom stereocenters. The Morgan fingerprint density at radius 3 is 3.14 bits per heavy atom. The van der Waals surface area contributed by atoms with Crippen molar-refractivity contribution in [3.05, 3.63) is 18.0 Å².